The maximum absolute atomic E-state index is 11.4. The topological polar surface area (TPSA) is 58.4 Å². The van der Waals surface area contributed by atoms with E-state index in [-0.39, 0.29) is 5.91 Å². The van der Waals surface area contributed by atoms with E-state index in [1.54, 1.807) is 0 Å². The number of nitrogens with zero attached hydrogens (tertiary/aromatic N) is 1. The zero-order valence-electron chi connectivity index (χ0n) is 10.5. The number of hydrogen-bond acceptors (Lipinski definition) is 3. The molecule has 0 aromatic heterocycles. The van der Waals surface area contributed by atoms with Gasteiger partial charge in [0.05, 0.1) is 5.54 Å². The van der Waals surface area contributed by atoms with Crippen LogP contribution in [-0.2, 0) is 4.79 Å². The Hall–Kier alpha value is -0.610. The first kappa shape index (κ1) is 14.4. The van der Waals surface area contributed by atoms with E-state index in [4.69, 9.17) is 5.73 Å². The van der Waals surface area contributed by atoms with Crippen molar-refractivity contribution >= 4 is 5.91 Å². The molecule has 15 heavy (non-hydrogen) atoms. The van der Waals surface area contributed by atoms with Gasteiger partial charge in [-0.3, -0.25) is 4.79 Å². The molecule has 0 radical (unpaired) electrons. The first-order chi connectivity index (χ1) is 6.96. The van der Waals surface area contributed by atoms with E-state index in [2.05, 4.69) is 24.1 Å². The maximum atomic E-state index is 11.4. The van der Waals surface area contributed by atoms with Gasteiger partial charge < -0.3 is 16.0 Å². The van der Waals surface area contributed by atoms with Crippen LogP contribution in [-0.4, -0.2) is 43.0 Å². The molecule has 0 spiro atoms. The molecule has 4 nitrogen and oxygen atoms in total. The van der Waals surface area contributed by atoms with Crippen LogP contribution >= 0.6 is 0 Å². The Morgan fingerprint density at radius 2 is 2.07 bits per heavy atom. The molecule has 90 valence electrons. The molecule has 4 heteroatoms. The minimum atomic E-state index is -0.570. The second-order valence-electron chi connectivity index (χ2n) is 4.27. The average Bonchev–Trinajstić information content (AvgIpc) is 2.22. The summed E-state index contributed by atoms with van der Waals surface area (Å²) < 4.78 is 0. The third-order valence-electron chi connectivity index (χ3n) is 2.84. The summed E-state index contributed by atoms with van der Waals surface area (Å²) in [5.41, 5.74) is 4.85. The van der Waals surface area contributed by atoms with Crippen molar-refractivity contribution < 1.29 is 4.79 Å². The summed E-state index contributed by atoms with van der Waals surface area (Å²) in [5.74, 6) is -0.263. The molecular weight excluding hydrogens is 190 g/mol. The van der Waals surface area contributed by atoms with E-state index in [0.29, 0.717) is 0 Å². The molecule has 0 aliphatic rings. The highest BCUT2D eigenvalue weighted by atomic mass is 16.1. The van der Waals surface area contributed by atoms with E-state index in [1.165, 1.54) is 0 Å². The van der Waals surface area contributed by atoms with Gasteiger partial charge in [-0.1, -0.05) is 13.8 Å². The maximum Gasteiger partial charge on any atom is 0.237 e. The van der Waals surface area contributed by atoms with Crippen molar-refractivity contribution in [2.45, 2.75) is 39.2 Å². The van der Waals surface area contributed by atoms with Crippen molar-refractivity contribution in [3.8, 4) is 0 Å². The van der Waals surface area contributed by atoms with Crippen LogP contribution < -0.4 is 11.1 Å². The van der Waals surface area contributed by atoms with Gasteiger partial charge in [0.15, 0.2) is 0 Å². The molecule has 0 rings (SSSR count). The van der Waals surface area contributed by atoms with Gasteiger partial charge in [0.2, 0.25) is 5.91 Å². The number of hydrogen-bond donors (Lipinski definition) is 2. The van der Waals surface area contributed by atoms with Crippen LogP contribution in [0.4, 0.5) is 0 Å². The Balaban J connectivity index is 4.19. The molecule has 0 aliphatic carbocycles. The Bertz CT molecular complexity index is 196. The molecule has 0 aromatic carbocycles. The largest absolute Gasteiger partial charge is 0.368 e. The SMILES string of the molecule is CCCNC(C)(CCN(C)CC)C(N)=O. The number of rotatable bonds is 8. The monoisotopic (exact) mass is 215 g/mol. The van der Waals surface area contributed by atoms with E-state index < -0.39 is 5.54 Å². The van der Waals surface area contributed by atoms with E-state index in [9.17, 15) is 4.79 Å². The predicted octanol–water partition coefficient (Wildman–Crippen LogP) is 0.572. The van der Waals surface area contributed by atoms with Crippen molar-refractivity contribution in [3.63, 3.8) is 0 Å². The Labute approximate surface area is 93.2 Å². The molecule has 0 heterocycles. The number of carbonyl (C=O) groups excluding carboxylic acids is 1. The lowest BCUT2D eigenvalue weighted by molar-refractivity contribution is -0.124. The lowest BCUT2D eigenvalue weighted by atomic mass is 9.96. The van der Waals surface area contributed by atoms with Crippen LogP contribution in [0.5, 0.6) is 0 Å². The van der Waals surface area contributed by atoms with Gasteiger partial charge in [-0.05, 0) is 39.9 Å². The molecule has 1 unspecified atom stereocenters. The molecular formula is C11H25N3O. The highest BCUT2D eigenvalue weighted by molar-refractivity contribution is 5.84. The normalized spacial score (nSPS) is 15.3. The summed E-state index contributed by atoms with van der Waals surface area (Å²) in [5, 5.41) is 3.22. The van der Waals surface area contributed by atoms with Crippen LogP contribution in [0.2, 0.25) is 0 Å². The summed E-state index contributed by atoms with van der Waals surface area (Å²) >= 11 is 0. The van der Waals surface area contributed by atoms with Gasteiger partial charge in [-0.2, -0.15) is 0 Å². The Kier molecular flexibility index (Phi) is 6.52. The number of nitrogens with two attached hydrogens (primary N) is 1. The van der Waals surface area contributed by atoms with Crippen LogP contribution in [0.1, 0.15) is 33.6 Å². The predicted molar refractivity (Wildman–Crippen MR) is 63.7 cm³/mol. The quantitative estimate of drug-likeness (QED) is 0.622. The van der Waals surface area contributed by atoms with Gasteiger partial charge in [0, 0.05) is 6.54 Å². The average molecular weight is 215 g/mol. The molecule has 0 aliphatic heterocycles. The van der Waals surface area contributed by atoms with Crippen LogP contribution in [0.25, 0.3) is 0 Å². The van der Waals surface area contributed by atoms with Gasteiger partial charge in [-0.15, -0.1) is 0 Å². The Morgan fingerprint density at radius 1 is 1.47 bits per heavy atom. The van der Waals surface area contributed by atoms with E-state index in [1.807, 2.05) is 14.0 Å². The van der Waals surface area contributed by atoms with E-state index >= 15 is 0 Å². The van der Waals surface area contributed by atoms with Gasteiger partial charge in [-0.25, -0.2) is 0 Å². The highest BCUT2D eigenvalue weighted by Gasteiger charge is 2.29. The van der Waals surface area contributed by atoms with E-state index in [0.717, 1.165) is 32.5 Å². The number of carbonyl (C=O) groups is 1. The number of nitrogens with one attached hydrogen (secondary N) is 1. The van der Waals surface area contributed by atoms with Crippen molar-refractivity contribution in [1.82, 2.24) is 10.2 Å². The fourth-order valence-electron chi connectivity index (χ4n) is 1.27. The second-order valence-corrected chi connectivity index (χ2v) is 4.27. The molecule has 3 N–H and O–H groups in total. The van der Waals surface area contributed by atoms with Crippen LogP contribution in [0, 0.1) is 0 Å². The molecule has 0 bridgehead atoms. The highest BCUT2D eigenvalue weighted by Crippen LogP contribution is 2.09. The smallest absolute Gasteiger partial charge is 0.237 e. The fraction of sp³-hybridized carbons (Fsp3) is 0.909. The van der Waals surface area contributed by atoms with Crippen LogP contribution in [0.15, 0.2) is 0 Å². The number of amides is 1. The van der Waals surface area contributed by atoms with Gasteiger partial charge in [0.25, 0.3) is 0 Å². The Morgan fingerprint density at radius 3 is 2.47 bits per heavy atom. The second kappa shape index (κ2) is 6.80. The molecule has 0 fully saturated rings. The molecule has 0 aromatic rings. The third-order valence-corrected chi connectivity index (χ3v) is 2.84. The first-order valence-corrected chi connectivity index (χ1v) is 5.69. The summed E-state index contributed by atoms with van der Waals surface area (Å²) in [7, 11) is 2.04. The van der Waals surface area contributed by atoms with Crippen molar-refractivity contribution in [3.05, 3.63) is 0 Å². The zero-order chi connectivity index (χ0) is 11.9. The van der Waals surface area contributed by atoms with Gasteiger partial charge in [0.1, 0.15) is 0 Å². The minimum Gasteiger partial charge on any atom is -0.368 e. The lowest BCUT2D eigenvalue weighted by Crippen LogP contribution is -2.54. The lowest BCUT2D eigenvalue weighted by Gasteiger charge is -2.29. The molecule has 1 atom stereocenters. The van der Waals surface area contributed by atoms with Crippen molar-refractivity contribution in [2.24, 2.45) is 5.73 Å². The summed E-state index contributed by atoms with van der Waals surface area (Å²) in [6.07, 6.45) is 1.76. The van der Waals surface area contributed by atoms with Gasteiger partial charge >= 0.3 is 0 Å². The summed E-state index contributed by atoms with van der Waals surface area (Å²) in [4.78, 5) is 13.5. The summed E-state index contributed by atoms with van der Waals surface area (Å²) in [6, 6.07) is 0. The first-order valence-electron chi connectivity index (χ1n) is 5.69. The third kappa shape index (κ3) is 5.14. The molecule has 0 saturated heterocycles. The fourth-order valence-corrected chi connectivity index (χ4v) is 1.27. The molecule has 1 amide bonds. The minimum absolute atomic E-state index is 0.263. The zero-order valence-corrected chi connectivity index (χ0v) is 10.5. The number of primary amides is 1. The standard InChI is InChI=1S/C11H25N3O/c1-5-8-13-11(3,10(12)15)7-9-14(4)6-2/h13H,5-9H2,1-4H3,(H2,12,15). The van der Waals surface area contributed by atoms with Crippen molar-refractivity contribution in [2.75, 3.05) is 26.7 Å². The van der Waals surface area contributed by atoms with Crippen molar-refractivity contribution in [1.29, 1.82) is 0 Å². The summed E-state index contributed by atoms with van der Waals surface area (Å²) in [6.45, 7) is 8.76. The molecule has 0 saturated carbocycles. The van der Waals surface area contributed by atoms with Crippen LogP contribution in [0.3, 0.4) is 0 Å².